The fourth-order valence-electron chi connectivity index (χ4n) is 3.44. The second kappa shape index (κ2) is 6.19. The zero-order chi connectivity index (χ0) is 13.9. The highest BCUT2D eigenvalue weighted by atomic mass is 32.2. The minimum Gasteiger partial charge on any atom is -0.318 e. The average Bonchev–Trinajstić information content (AvgIpc) is 3.06. The van der Waals surface area contributed by atoms with Crippen LogP contribution in [-0.4, -0.2) is 34.4 Å². The van der Waals surface area contributed by atoms with Crippen molar-refractivity contribution in [1.29, 1.82) is 0 Å². The van der Waals surface area contributed by atoms with Gasteiger partial charge in [-0.05, 0) is 24.2 Å². The molecule has 2 fully saturated rings. The number of carbonyl (C=O) groups excluding carboxylic acids is 1. The maximum atomic E-state index is 12.3. The molecule has 0 radical (unpaired) electrons. The second-order valence-corrected chi connectivity index (χ2v) is 7.00. The molecule has 0 aromatic heterocycles. The molecule has 3 atom stereocenters. The lowest BCUT2D eigenvalue weighted by atomic mass is 10.1. The normalized spacial score (nSPS) is 30.1. The fourth-order valence-corrected chi connectivity index (χ4v) is 4.69. The molecular weight excluding hydrogens is 268 g/mol. The zero-order valence-corrected chi connectivity index (χ0v) is 12.7. The Hall–Kier alpha value is -1.00. The van der Waals surface area contributed by atoms with Crippen molar-refractivity contribution in [2.24, 2.45) is 0 Å². The summed E-state index contributed by atoms with van der Waals surface area (Å²) in [5.41, 5.74) is 1.20. The van der Waals surface area contributed by atoms with Gasteiger partial charge in [0.2, 0.25) is 5.91 Å². The van der Waals surface area contributed by atoms with Crippen molar-refractivity contribution in [3.05, 3.63) is 35.9 Å². The van der Waals surface area contributed by atoms with Crippen LogP contribution in [0, 0.1) is 0 Å². The lowest BCUT2D eigenvalue weighted by Gasteiger charge is -2.34. The van der Waals surface area contributed by atoms with E-state index in [0.29, 0.717) is 17.8 Å². The topological polar surface area (TPSA) is 32.3 Å². The summed E-state index contributed by atoms with van der Waals surface area (Å²) >= 11 is 2.01. The van der Waals surface area contributed by atoms with Crippen molar-refractivity contribution in [2.75, 3.05) is 12.3 Å². The fraction of sp³-hybridized carbons (Fsp3) is 0.562. The van der Waals surface area contributed by atoms with E-state index in [1.54, 1.807) is 0 Å². The molecule has 1 aromatic carbocycles. The number of amides is 1. The Balaban J connectivity index is 1.83. The molecule has 1 aliphatic carbocycles. The van der Waals surface area contributed by atoms with E-state index in [0.717, 1.165) is 12.2 Å². The molecule has 1 N–H and O–H groups in total. The standard InChI is InChI=1S/C16H22N2OS/c1-2-20-14-10-6-9-13(14)18-15(19)11-17-16(18)12-7-4-3-5-8-12/h3-5,7-8,13-14,16-17H,2,6,9-11H2,1H3. The summed E-state index contributed by atoms with van der Waals surface area (Å²) < 4.78 is 0. The molecule has 3 nitrogen and oxygen atoms in total. The first-order chi connectivity index (χ1) is 9.81. The third-order valence-electron chi connectivity index (χ3n) is 4.28. The van der Waals surface area contributed by atoms with Crippen molar-refractivity contribution in [3.8, 4) is 0 Å². The Morgan fingerprint density at radius 3 is 2.85 bits per heavy atom. The summed E-state index contributed by atoms with van der Waals surface area (Å²) in [5.74, 6) is 1.39. The number of hydrogen-bond acceptors (Lipinski definition) is 3. The second-order valence-electron chi connectivity index (χ2n) is 5.49. The van der Waals surface area contributed by atoms with Gasteiger partial charge in [0.15, 0.2) is 0 Å². The van der Waals surface area contributed by atoms with Crippen molar-refractivity contribution < 1.29 is 4.79 Å². The molecule has 3 unspecified atom stereocenters. The van der Waals surface area contributed by atoms with E-state index in [1.165, 1.54) is 18.4 Å². The van der Waals surface area contributed by atoms with Crippen LogP contribution in [0.15, 0.2) is 30.3 Å². The number of nitrogens with one attached hydrogen (secondary N) is 1. The monoisotopic (exact) mass is 290 g/mol. The summed E-state index contributed by atoms with van der Waals surface area (Å²) in [6, 6.07) is 10.7. The van der Waals surface area contributed by atoms with Gasteiger partial charge in [0.05, 0.1) is 6.54 Å². The van der Waals surface area contributed by atoms with E-state index < -0.39 is 0 Å². The van der Waals surface area contributed by atoms with E-state index in [1.807, 2.05) is 30.0 Å². The maximum absolute atomic E-state index is 12.3. The molecule has 3 rings (SSSR count). The van der Waals surface area contributed by atoms with E-state index in [9.17, 15) is 4.79 Å². The smallest absolute Gasteiger partial charge is 0.238 e. The van der Waals surface area contributed by atoms with Crippen LogP contribution < -0.4 is 5.32 Å². The molecule has 0 bridgehead atoms. The Labute approximate surface area is 125 Å². The van der Waals surface area contributed by atoms with Gasteiger partial charge in [-0.3, -0.25) is 10.1 Å². The van der Waals surface area contributed by atoms with Crippen molar-refractivity contribution >= 4 is 17.7 Å². The van der Waals surface area contributed by atoms with Gasteiger partial charge in [-0.15, -0.1) is 0 Å². The molecule has 20 heavy (non-hydrogen) atoms. The lowest BCUT2D eigenvalue weighted by Crippen LogP contribution is -2.43. The molecule has 4 heteroatoms. The van der Waals surface area contributed by atoms with Gasteiger partial charge in [-0.2, -0.15) is 11.8 Å². The van der Waals surface area contributed by atoms with Gasteiger partial charge in [0.25, 0.3) is 0 Å². The summed E-state index contributed by atoms with van der Waals surface area (Å²) in [6.07, 6.45) is 3.70. The van der Waals surface area contributed by atoms with Crippen molar-refractivity contribution in [2.45, 2.75) is 43.6 Å². The number of carbonyl (C=O) groups is 1. The molecular formula is C16H22N2OS. The summed E-state index contributed by atoms with van der Waals surface area (Å²) in [5, 5.41) is 3.99. The van der Waals surface area contributed by atoms with E-state index >= 15 is 0 Å². The van der Waals surface area contributed by atoms with Crippen molar-refractivity contribution in [3.63, 3.8) is 0 Å². The van der Waals surface area contributed by atoms with Crippen LogP contribution in [0.1, 0.15) is 37.9 Å². The van der Waals surface area contributed by atoms with E-state index in [2.05, 4.69) is 29.3 Å². The van der Waals surface area contributed by atoms with Gasteiger partial charge in [-0.1, -0.05) is 43.7 Å². The number of thioether (sulfide) groups is 1. The van der Waals surface area contributed by atoms with E-state index in [-0.39, 0.29) is 12.1 Å². The van der Waals surface area contributed by atoms with Crippen LogP contribution in [0.4, 0.5) is 0 Å². The molecule has 1 saturated carbocycles. The van der Waals surface area contributed by atoms with Gasteiger partial charge >= 0.3 is 0 Å². The molecule has 2 aliphatic rings. The summed E-state index contributed by atoms with van der Waals surface area (Å²) in [6.45, 7) is 2.68. The van der Waals surface area contributed by atoms with Gasteiger partial charge in [-0.25, -0.2) is 0 Å². The highest BCUT2D eigenvalue weighted by Crippen LogP contribution is 2.38. The molecule has 1 saturated heterocycles. The number of nitrogens with zero attached hydrogens (tertiary/aromatic N) is 1. The van der Waals surface area contributed by atoms with Crippen LogP contribution >= 0.6 is 11.8 Å². The van der Waals surface area contributed by atoms with Crippen molar-refractivity contribution in [1.82, 2.24) is 10.2 Å². The number of hydrogen-bond donors (Lipinski definition) is 1. The Morgan fingerprint density at radius 2 is 2.10 bits per heavy atom. The Bertz CT molecular complexity index is 465. The Kier molecular flexibility index (Phi) is 4.32. The largest absolute Gasteiger partial charge is 0.318 e. The SMILES string of the molecule is CCSC1CCCC1N1C(=O)CNC1c1ccccc1. The molecule has 108 valence electrons. The van der Waals surface area contributed by atoms with Crippen LogP contribution in [0.3, 0.4) is 0 Å². The maximum Gasteiger partial charge on any atom is 0.238 e. The predicted molar refractivity (Wildman–Crippen MR) is 83.6 cm³/mol. The molecule has 1 aliphatic heterocycles. The minimum absolute atomic E-state index is 0.0618. The quantitative estimate of drug-likeness (QED) is 0.925. The minimum atomic E-state index is 0.0618. The predicted octanol–water partition coefficient (Wildman–Crippen LogP) is 2.79. The third-order valence-corrected chi connectivity index (χ3v) is 5.60. The van der Waals surface area contributed by atoms with E-state index in [4.69, 9.17) is 0 Å². The summed E-state index contributed by atoms with van der Waals surface area (Å²) in [4.78, 5) is 14.5. The number of benzene rings is 1. The van der Waals surface area contributed by atoms with Gasteiger partial charge in [0, 0.05) is 11.3 Å². The molecule has 1 amide bonds. The van der Waals surface area contributed by atoms with Gasteiger partial charge < -0.3 is 4.90 Å². The first kappa shape index (κ1) is 14.0. The van der Waals surface area contributed by atoms with Crippen LogP contribution in [0.2, 0.25) is 0 Å². The van der Waals surface area contributed by atoms with Crippen LogP contribution in [0.5, 0.6) is 0 Å². The summed E-state index contributed by atoms with van der Waals surface area (Å²) in [7, 11) is 0. The highest BCUT2D eigenvalue weighted by Gasteiger charge is 2.41. The Morgan fingerprint density at radius 1 is 1.30 bits per heavy atom. The van der Waals surface area contributed by atoms with Crippen LogP contribution in [0.25, 0.3) is 0 Å². The molecule has 1 aromatic rings. The lowest BCUT2D eigenvalue weighted by molar-refractivity contribution is -0.130. The highest BCUT2D eigenvalue weighted by molar-refractivity contribution is 7.99. The molecule has 1 heterocycles. The van der Waals surface area contributed by atoms with Crippen LogP contribution in [-0.2, 0) is 4.79 Å². The molecule has 0 spiro atoms. The first-order valence-corrected chi connectivity index (χ1v) is 8.57. The zero-order valence-electron chi connectivity index (χ0n) is 11.9. The number of rotatable bonds is 4. The average molecular weight is 290 g/mol. The first-order valence-electron chi connectivity index (χ1n) is 7.52. The van der Waals surface area contributed by atoms with Gasteiger partial charge in [0.1, 0.15) is 6.17 Å². The third kappa shape index (κ3) is 2.59.